The zero-order valence-corrected chi connectivity index (χ0v) is 12.2. The summed E-state index contributed by atoms with van der Waals surface area (Å²) in [4.78, 5) is 5.09. The molecular weight excluding hydrogens is 234 g/mol. The summed E-state index contributed by atoms with van der Waals surface area (Å²) in [5, 5.41) is 8.49. The van der Waals surface area contributed by atoms with Crippen LogP contribution in [0.5, 0.6) is 0 Å². The van der Waals surface area contributed by atoms with E-state index in [0.29, 0.717) is 5.92 Å². The van der Waals surface area contributed by atoms with Crippen molar-refractivity contribution >= 4 is 5.84 Å². The zero-order chi connectivity index (χ0) is 13.1. The van der Waals surface area contributed by atoms with Gasteiger partial charge in [-0.3, -0.25) is 10.3 Å². The van der Waals surface area contributed by atoms with Gasteiger partial charge in [0.1, 0.15) is 0 Å². The lowest BCUT2D eigenvalue weighted by Crippen LogP contribution is -2.42. The molecule has 2 heterocycles. The number of nitrogens with zero attached hydrogens (tertiary/aromatic N) is 2. The summed E-state index contributed by atoms with van der Waals surface area (Å²) in [5.41, 5.74) is 0. The van der Waals surface area contributed by atoms with E-state index in [1.54, 1.807) is 0 Å². The van der Waals surface area contributed by atoms with Crippen LogP contribution in [0.2, 0.25) is 0 Å². The number of nitrogens with one attached hydrogen (secondary N) is 1. The third kappa shape index (κ3) is 3.13. The molecule has 2 saturated heterocycles. The van der Waals surface area contributed by atoms with Crippen LogP contribution >= 0.6 is 0 Å². The second kappa shape index (κ2) is 6.25. The van der Waals surface area contributed by atoms with Crippen LogP contribution in [0.4, 0.5) is 0 Å². The van der Waals surface area contributed by atoms with Gasteiger partial charge in [0.2, 0.25) is 0 Å². The van der Waals surface area contributed by atoms with Crippen LogP contribution in [0.15, 0.2) is 0 Å². The Bertz CT molecular complexity index is 303. The first-order valence-electron chi connectivity index (χ1n) is 8.42. The number of piperidine rings is 1. The largest absolute Gasteiger partial charge is 0.359 e. The second-order valence-electron chi connectivity index (χ2n) is 6.71. The normalized spacial score (nSPS) is 30.7. The van der Waals surface area contributed by atoms with E-state index in [2.05, 4.69) is 9.80 Å². The molecule has 1 N–H and O–H groups in total. The summed E-state index contributed by atoms with van der Waals surface area (Å²) in [6.45, 7) is 4.87. The summed E-state index contributed by atoms with van der Waals surface area (Å²) < 4.78 is 0. The molecule has 0 aromatic rings. The molecule has 0 radical (unpaired) electrons. The van der Waals surface area contributed by atoms with Gasteiger partial charge in [-0.15, -0.1) is 0 Å². The van der Waals surface area contributed by atoms with E-state index in [4.69, 9.17) is 5.41 Å². The topological polar surface area (TPSA) is 30.3 Å². The molecule has 108 valence electrons. The van der Waals surface area contributed by atoms with Crippen molar-refractivity contribution in [1.82, 2.24) is 9.80 Å². The maximum Gasteiger partial charge on any atom is 0.0990 e. The standard InChI is InChI=1S/C16H29N3/c17-16(14-7-3-1-4-8-14)19-12-9-15(13-19)18-10-5-2-6-11-18/h14-15,17H,1-13H2. The van der Waals surface area contributed by atoms with Gasteiger partial charge in [-0.1, -0.05) is 25.7 Å². The van der Waals surface area contributed by atoms with Gasteiger partial charge in [0.05, 0.1) is 5.84 Å². The molecule has 0 spiro atoms. The summed E-state index contributed by atoms with van der Waals surface area (Å²) >= 11 is 0. The molecule has 3 heteroatoms. The first kappa shape index (κ1) is 13.4. The lowest BCUT2D eigenvalue weighted by molar-refractivity contribution is 0.168. The predicted octanol–water partition coefficient (Wildman–Crippen LogP) is 3.10. The quantitative estimate of drug-likeness (QED) is 0.613. The molecule has 3 aliphatic rings. The molecule has 0 aromatic carbocycles. The molecule has 0 aromatic heterocycles. The van der Waals surface area contributed by atoms with Gasteiger partial charge < -0.3 is 4.90 Å². The minimum Gasteiger partial charge on any atom is -0.359 e. The van der Waals surface area contributed by atoms with Crippen molar-refractivity contribution in [2.75, 3.05) is 26.2 Å². The van der Waals surface area contributed by atoms with Gasteiger partial charge in [0, 0.05) is 25.0 Å². The van der Waals surface area contributed by atoms with Crippen molar-refractivity contribution in [2.45, 2.75) is 63.8 Å². The van der Waals surface area contributed by atoms with Gasteiger partial charge >= 0.3 is 0 Å². The highest BCUT2D eigenvalue weighted by molar-refractivity contribution is 5.82. The highest BCUT2D eigenvalue weighted by atomic mass is 15.3. The molecule has 3 rings (SSSR count). The minimum absolute atomic E-state index is 0.578. The van der Waals surface area contributed by atoms with Crippen LogP contribution < -0.4 is 0 Å². The number of likely N-dealkylation sites (tertiary alicyclic amines) is 2. The van der Waals surface area contributed by atoms with Crippen molar-refractivity contribution in [3.8, 4) is 0 Å². The van der Waals surface area contributed by atoms with Gasteiger partial charge in [-0.05, 0) is 45.2 Å². The number of amidine groups is 1. The van der Waals surface area contributed by atoms with Gasteiger partial charge in [0.15, 0.2) is 0 Å². The molecule has 1 atom stereocenters. The van der Waals surface area contributed by atoms with E-state index < -0.39 is 0 Å². The smallest absolute Gasteiger partial charge is 0.0990 e. The Morgan fingerprint density at radius 2 is 1.47 bits per heavy atom. The van der Waals surface area contributed by atoms with Crippen LogP contribution in [0.1, 0.15) is 57.8 Å². The Morgan fingerprint density at radius 1 is 0.789 bits per heavy atom. The lowest BCUT2D eigenvalue weighted by Gasteiger charge is -2.33. The Labute approximate surface area is 117 Å². The number of hydrogen-bond donors (Lipinski definition) is 1. The fourth-order valence-corrected chi connectivity index (χ4v) is 4.18. The molecule has 1 aliphatic carbocycles. The van der Waals surface area contributed by atoms with E-state index in [1.165, 1.54) is 70.9 Å². The molecule has 1 unspecified atom stereocenters. The molecule has 3 nitrogen and oxygen atoms in total. The Balaban J connectivity index is 1.51. The number of hydrogen-bond acceptors (Lipinski definition) is 2. The molecule has 0 bridgehead atoms. The average molecular weight is 263 g/mol. The van der Waals surface area contributed by atoms with E-state index in [0.717, 1.165) is 25.0 Å². The molecule has 0 amide bonds. The van der Waals surface area contributed by atoms with Crippen LogP contribution in [0.25, 0.3) is 0 Å². The third-order valence-electron chi connectivity index (χ3n) is 5.40. The van der Waals surface area contributed by atoms with Crippen LogP contribution in [-0.4, -0.2) is 47.9 Å². The molecule has 3 fully saturated rings. The summed E-state index contributed by atoms with van der Waals surface area (Å²) in [5.74, 6) is 1.55. The fraction of sp³-hybridized carbons (Fsp3) is 0.938. The number of rotatable bonds is 2. The summed E-state index contributed by atoms with van der Waals surface area (Å²) in [6.07, 6.45) is 12.1. The van der Waals surface area contributed by atoms with Crippen LogP contribution in [-0.2, 0) is 0 Å². The van der Waals surface area contributed by atoms with Crippen LogP contribution in [0.3, 0.4) is 0 Å². The third-order valence-corrected chi connectivity index (χ3v) is 5.40. The van der Waals surface area contributed by atoms with Crippen molar-refractivity contribution in [3.63, 3.8) is 0 Å². The maximum atomic E-state index is 8.49. The van der Waals surface area contributed by atoms with E-state index >= 15 is 0 Å². The van der Waals surface area contributed by atoms with Crippen molar-refractivity contribution < 1.29 is 0 Å². The lowest BCUT2D eigenvalue weighted by atomic mass is 9.88. The fourth-order valence-electron chi connectivity index (χ4n) is 4.18. The van der Waals surface area contributed by atoms with Gasteiger partial charge in [-0.25, -0.2) is 0 Å². The predicted molar refractivity (Wildman–Crippen MR) is 79.7 cm³/mol. The van der Waals surface area contributed by atoms with E-state index in [9.17, 15) is 0 Å². The van der Waals surface area contributed by atoms with E-state index in [1.807, 2.05) is 0 Å². The van der Waals surface area contributed by atoms with E-state index in [-0.39, 0.29) is 0 Å². The highest BCUT2D eigenvalue weighted by Crippen LogP contribution is 2.28. The SMILES string of the molecule is N=C(C1CCCCC1)N1CCC(N2CCCCC2)C1. The highest BCUT2D eigenvalue weighted by Gasteiger charge is 2.32. The second-order valence-corrected chi connectivity index (χ2v) is 6.71. The first-order valence-corrected chi connectivity index (χ1v) is 8.42. The Kier molecular flexibility index (Phi) is 4.42. The Morgan fingerprint density at radius 3 is 2.21 bits per heavy atom. The van der Waals surface area contributed by atoms with Crippen molar-refractivity contribution in [2.24, 2.45) is 5.92 Å². The van der Waals surface area contributed by atoms with Gasteiger partial charge in [0.25, 0.3) is 0 Å². The van der Waals surface area contributed by atoms with Crippen LogP contribution in [0, 0.1) is 11.3 Å². The summed E-state index contributed by atoms with van der Waals surface area (Å²) in [7, 11) is 0. The average Bonchev–Trinajstić information content (AvgIpc) is 2.98. The molecule has 2 aliphatic heterocycles. The van der Waals surface area contributed by atoms with Crippen molar-refractivity contribution in [1.29, 1.82) is 5.41 Å². The van der Waals surface area contributed by atoms with Crippen molar-refractivity contribution in [3.05, 3.63) is 0 Å². The first-order chi connectivity index (χ1) is 9.34. The monoisotopic (exact) mass is 263 g/mol. The summed E-state index contributed by atoms with van der Waals surface area (Å²) in [6, 6.07) is 0.740. The molecular formula is C16H29N3. The zero-order valence-electron chi connectivity index (χ0n) is 12.2. The molecule has 19 heavy (non-hydrogen) atoms. The molecule has 1 saturated carbocycles. The Hall–Kier alpha value is -0.570. The maximum absolute atomic E-state index is 8.49. The van der Waals surface area contributed by atoms with Gasteiger partial charge in [-0.2, -0.15) is 0 Å². The minimum atomic E-state index is 0.578.